The molecule has 0 fully saturated rings. The lowest BCUT2D eigenvalue weighted by Gasteiger charge is -2.16. The molecule has 0 atom stereocenters. The monoisotopic (exact) mass is 337 g/mol. The van der Waals surface area contributed by atoms with Gasteiger partial charge in [-0.1, -0.05) is 45.9 Å². The van der Waals surface area contributed by atoms with E-state index in [1.807, 2.05) is 0 Å². The minimum Gasteiger partial charge on any atom is -0.497 e. The van der Waals surface area contributed by atoms with Crippen LogP contribution in [-0.4, -0.2) is 19.1 Å². The van der Waals surface area contributed by atoms with Crippen molar-refractivity contribution in [3.05, 3.63) is 59.2 Å². The van der Waals surface area contributed by atoms with Crippen LogP contribution in [0.4, 0.5) is 5.69 Å². The van der Waals surface area contributed by atoms with E-state index in [1.54, 1.807) is 37.6 Å². The van der Waals surface area contributed by atoms with Crippen LogP contribution in [0.2, 0.25) is 0 Å². The Bertz CT molecular complexity index is 717. The van der Waals surface area contributed by atoms with Gasteiger partial charge in [0.05, 0.1) is 12.8 Å². The van der Waals surface area contributed by atoms with Crippen LogP contribution >= 0.6 is 0 Å². The Kier molecular flexibility index (Phi) is 6.51. The summed E-state index contributed by atoms with van der Waals surface area (Å²) in [6.45, 7) is 8.67. The number of nitrogens with zero attached hydrogens (tertiary/aromatic N) is 1. The molecule has 0 unspecified atom stereocenters. The summed E-state index contributed by atoms with van der Waals surface area (Å²) in [6.07, 6.45) is 2.02. The molecule has 3 heteroatoms. The maximum Gasteiger partial charge on any atom is 0.168 e. The second-order valence-corrected chi connectivity index (χ2v) is 6.76. The van der Waals surface area contributed by atoms with Crippen molar-refractivity contribution in [3.63, 3.8) is 0 Å². The molecule has 0 aliphatic rings. The molecule has 0 N–H and O–H groups in total. The van der Waals surface area contributed by atoms with Crippen LogP contribution in [0.25, 0.3) is 0 Å². The fourth-order valence-corrected chi connectivity index (χ4v) is 2.78. The van der Waals surface area contributed by atoms with Crippen molar-refractivity contribution in [1.82, 2.24) is 0 Å². The molecule has 0 heterocycles. The molecule has 0 bridgehead atoms. The molecular formula is C22H27NO2. The van der Waals surface area contributed by atoms with Gasteiger partial charge in [-0.15, -0.1) is 0 Å². The minimum atomic E-state index is 0.0551. The molecular weight excluding hydrogens is 310 g/mol. The van der Waals surface area contributed by atoms with Crippen LogP contribution in [-0.2, 0) is 0 Å². The predicted octanol–water partition coefficient (Wildman–Crippen LogP) is 5.92. The maximum atomic E-state index is 12.3. The number of Topliss-reactive ketones (excluding diaryl/α,β-unsaturated/α-hetero) is 1. The Labute approximate surface area is 150 Å². The molecule has 2 rings (SSSR count). The van der Waals surface area contributed by atoms with Crippen molar-refractivity contribution in [2.24, 2.45) is 4.99 Å². The SMILES string of the molecule is COc1ccc(C(=O)CC=Nc2c(C(C)C)cccc2C(C)C)cc1. The third-order valence-corrected chi connectivity index (χ3v) is 4.25. The van der Waals surface area contributed by atoms with Gasteiger partial charge in [0.25, 0.3) is 0 Å². The summed E-state index contributed by atoms with van der Waals surface area (Å²) in [7, 11) is 1.61. The number of carbonyl (C=O) groups excluding carboxylic acids is 1. The van der Waals surface area contributed by atoms with E-state index in [9.17, 15) is 4.79 Å². The van der Waals surface area contributed by atoms with Gasteiger partial charge in [-0.2, -0.15) is 0 Å². The van der Waals surface area contributed by atoms with E-state index in [0.29, 0.717) is 17.4 Å². The summed E-state index contributed by atoms with van der Waals surface area (Å²) in [6, 6.07) is 13.5. The first-order chi connectivity index (χ1) is 11.9. The van der Waals surface area contributed by atoms with Crippen molar-refractivity contribution in [2.75, 3.05) is 7.11 Å². The zero-order valence-corrected chi connectivity index (χ0v) is 15.7. The molecule has 0 aromatic heterocycles. The number of hydrogen-bond donors (Lipinski definition) is 0. The van der Waals surface area contributed by atoms with Crippen LogP contribution in [0.5, 0.6) is 5.75 Å². The highest BCUT2D eigenvalue weighted by Gasteiger charge is 2.13. The Morgan fingerprint density at radius 2 is 1.56 bits per heavy atom. The smallest absolute Gasteiger partial charge is 0.168 e. The minimum absolute atomic E-state index is 0.0551. The average Bonchev–Trinajstić information content (AvgIpc) is 2.61. The van der Waals surface area contributed by atoms with Gasteiger partial charge in [0.2, 0.25) is 0 Å². The predicted molar refractivity (Wildman–Crippen MR) is 105 cm³/mol. The highest BCUT2D eigenvalue weighted by atomic mass is 16.5. The largest absolute Gasteiger partial charge is 0.497 e. The lowest BCUT2D eigenvalue weighted by Crippen LogP contribution is -2.00. The van der Waals surface area contributed by atoms with Crippen molar-refractivity contribution in [2.45, 2.75) is 46.0 Å². The van der Waals surface area contributed by atoms with Gasteiger partial charge in [0.15, 0.2) is 5.78 Å². The average molecular weight is 337 g/mol. The van der Waals surface area contributed by atoms with E-state index in [4.69, 9.17) is 4.74 Å². The highest BCUT2D eigenvalue weighted by Crippen LogP contribution is 2.34. The number of benzene rings is 2. The molecule has 0 aliphatic heterocycles. The van der Waals surface area contributed by atoms with E-state index < -0.39 is 0 Å². The maximum absolute atomic E-state index is 12.3. The van der Waals surface area contributed by atoms with Crippen molar-refractivity contribution in [1.29, 1.82) is 0 Å². The molecule has 132 valence electrons. The number of ketones is 1. The number of aliphatic imine (C=N–C) groups is 1. The molecule has 2 aromatic rings. The van der Waals surface area contributed by atoms with Gasteiger partial charge in [-0.05, 0) is 47.2 Å². The quantitative estimate of drug-likeness (QED) is 0.465. The summed E-state index contributed by atoms with van der Waals surface area (Å²) in [4.78, 5) is 17.0. The van der Waals surface area contributed by atoms with Gasteiger partial charge >= 0.3 is 0 Å². The molecule has 25 heavy (non-hydrogen) atoms. The summed E-state index contributed by atoms with van der Waals surface area (Å²) in [5.41, 5.74) is 4.13. The number of carbonyl (C=O) groups is 1. The van der Waals surface area contributed by atoms with Crippen LogP contribution in [0, 0.1) is 0 Å². The third-order valence-electron chi connectivity index (χ3n) is 4.25. The Hall–Kier alpha value is -2.42. The van der Waals surface area contributed by atoms with Crippen LogP contribution in [0.15, 0.2) is 47.5 Å². The summed E-state index contributed by atoms with van der Waals surface area (Å²) >= 11 is 0. The number of methoxy groups -OCH3 is 1. The Balaban J connectivity index is 2.19. The number of hydrogen-bond acceptors (Lipinski definition) is 3. The molecule has 0 aliphatic carbocycles. The fraction of sp³-hybridized carbons (Fsp3) is 0.364. The first kappa shape index (κ1) is 18.9. The highest BCUT2D eigenvalue weighted by molar-refractivity contribution is 6.04. The van der Waals surface area contributed by atoms with Crippen molar-refractivity contribution < 1.29 is 9.53 Å². The van der Waals surface area contributed by atoms with Crippen LogP contribution < -0.4 is 4.74 Å². The number of rotatable bonds is 7. The summed E-state index contributed by atoms with van der Waals surface area (Å²) in [5, 5.41) is 0. The normalized spacial score (nSPS) is 11.5. The van der Waals surface area contributed by atoms with Gasteiger partial charge in [-0.3, -0.25) is 9.79 Å². The van der Waals surface area contributed by atoms with E-state index >= 15 is 0 Å². The molecule has 0 saturated carbocycles. The van der Waals surface area contributed by atoms with Gasteiger partial charge in [0.1, 0.15) is 5.75 Å². The lowest BCUT2D eigenvalue weighted by atomic mass is 9.93. The van der Waals surface area contributed by atoms with Crippen LogP contribution in [0.1, 0.15) is 67.4 Å². The molecule has 0 saturated heterocycles. The van der Waals surface area contributed by atoms with Crippen molar-refractivity contribution in [3.8, 4) is 5.75 Å². The number of para-hydroxylation sites is 1. The topological polar surface area (TPSA) is 38.7 Å². The second kappa shape index (κ2) is 8.61. The first-order valence-corrected chi connectivity index (χ1v) is 8.76. The van der Waals surface area contributed by atoms with E-state index in [1.165, 1.54) is 11.1 Å². The van der Waals surface area contributed by atoms with Gasteiger partial charge in [-0.25, -0.2) is 0 Å². The number of ether oxygens (including phenoxy) is 1. The van der Waals surface area contributed by atoms with E-state index in [2.05, 4.69) is 50.9 Å². The molecule has 2 aromatic carbocycles. The Morgan fingerprint density at radius 3 is 2.04 bits per heavy atom. The zero-order valence-electron chi connectivity index (χ0n) is 15.7. The first-order valence-electron chi connectivity index (χ1n) is 8.76. The molecule has 3 nitrogen and oxygen atoms in total. The van der Waals surface area contributed by atoms with Crippen molar-refractivity contribution >= 4 is 17.7 Å². The van der Waals surface area contributed by atoms with Gasteiger partial charge in [0, 0.05) is 18.2 Å². The lowest BCUT2D eigenvalue weighted by molar-refractivity contribution is 0.100. The van der Waals surface area contributed by atoms with E-state index in [-0.39, 0.29) is 12.2 Å². The molecule has 0 amide bonds. The fourth-order valence-electron chi connectivity index (χ4n) is 2.78. The summed E-state index contributed by atoms with van der Waals surface area (Å²) < 4.78 is 5.12. The van der Waals surface area contributed by atoms with Gasteiger partial charge < -0.3 is 4.74 Å². The van der Waals surface area contributed by atoms with Crippen LogP contribution in [0.3, 0.4) is 0 Å². The third kappa shape index (κ3) is 4.79. The standard InChI is InChI=1S/C22H27NO2/c1-15(2)19-7-6-8-20(16(3)4)22(19)23-14-13-21(24)17-9-11-18(25-5)12-10-17/h6-12,14-16H,13H2,1-5H3. The van der Waals surface area contributed by atoms with E-state index in [0.717, 1.165) is 11.4 Å². The summed E-state index contributed by atoms with van der Waals surface area (Å²) in [5.74, 6) is 1.59. The molecule has 0 spiro atoms. The Morgan fingerprint density at radius 1 is 1.00 bits per heavy atom. The second-order valence-electron chi connectivity index (χ2n) is 6.76. The molecule has 0 radical (unpaired) electrons. The zero-order chi connectivity index (χ0) is 18.4.